The van der Waals surface area contributed by atoms with Gasteiger partial charge >= 0.3 is 0 Å². The van der Waals surface area contributed by atoms with Gasteiger partial charge in [0.1, 0.15) is 0 Å². The lowest BCUT2D eigenvalue weighted by atomic mass is 9.97. The standard InChI is InChI=1S/C9H13NS/c1-9(10)6-4-2-3-5-8(11)7-9/h2-5,7,11H,6,10H2,1H3/b4-2?,5-3-,8-7+. The van der Waals surface area contributed by atoms with Crippen LogP contribution in [0, 0.1) is 0 Å². The minimum Gasteiger partial charge on any atom is -0.322 e. The van der Waals surface area contributed by atoms with Crippen LogP contribution in [0.3, 0.4) is 0 Å². The van der Waals surface area contributed by atoms with Gasteiger partial charge in [-0.3, -0.25) is 0 Å². The molecular formula is C9H13NS. The molecule has 0 fully saturated rings. The third-order valence-electron chi connectivity index (χ3n) is 1.55. The fraction of sp³-hybridized carbons (Fsp3) is 0.333. The van der Waals surface area contributed by atoms with Crippen molar-refractivity contribution in [3.05, 3.63) is 35.3 Å². The first kappa shape index (κ1) is 8.62. The zero-order chi connectivity index (χ0) is 8.32. The zero-order valence-corrected chi connectivity index (χ0v) is 7.51. The summed E-state index contributed by atoms with van der Waals surface area (Å²) in [4.78, 5) is 0.930. The first-order chi connectivity index (χ1) is 5.10. The molecule has 1 atom stereocenters. The quantitative estimate of drug-likeness (QED) is 0.530. The molecule has 1 aliphatic rings. The second-order valence-electron chi connectivity index (χ2n) is 3.07. The van der Waals surface area contributed by atoms with Gasteiger partial charge in [0.15, 0.2) is 0 Å². The smallest absolute Gasteiger partial charge is 0.0359 e. The Kier molecular flexibility index (Phi) is 2.58. The maximum Gasteiger partial charge on any atom is 0.0359 e. The Hall–Kier alpha value is -0.470. The number of thiol groups is 1. The van der Waals surface area contributed by atoms with Crippen molar-refractivity contribution in [3.63, 3.8) is 0 Å². The highest BCUT2D eigenvalue weighted by Crippen LogP contribution is 2.16. The number of rotatable bonds is 0. The summed E-state index contributed by atoms with van der Waals surface area (Å²) in [6.45, 7) is 1.99. The molecule has 0 saturated carbocycles. The minimum absolute atomic E-state index is 0.252. The molecule has 0 aromatic rings. The molecular weight excluding hydrogens is 154 g/mol. The maximum absolute atomic E-state index is 5.93. The minimum atomic E-state index is -0.252. The lowest BCUT2D eigenvalue weighted by molar-refractivity contribution is 0.593. The third kappa shape index (κ3) is 2.95. The van der Waals surface area contributed by atoms with Crippen LogP contribution in [-0.4, -0.2) is 5.54 Å². The Morgan fingerprint density at radius 1 is 1.55 bits per heavy atom. The Morgan fingerprint density at radius 2 is 2.27 bits per heavy atom. The van der Waals surface area contributed by atoms with Gasteiger partial charge in [-0.2, -0.15) is 0 Å². The first-order valence-corrected chi connectivity index (χ1v) is 4.09. The largest absolute Gasteiger partial charge is 0.322 e. The molecule has 0 aromatic carbocycles. The fourth-order valence-electron chi connectivity index (χ4n) is 1.000. The van der Waals surface area contributed by atoms with Gasteiger partial charge in [0.2, 0.25) is 0 Å². The van der Waals surface area contributed by atoms with Crippen LogP contribution in [0.15, 0.2) is 35.3 Å². The van der Waals surface area contributed by atoms with Gasteiger partial charge in [-0.15, -0.1) is 12.6 Å². The summed E-state index contributed by atoms with van der Waals surface area (Å²) < 4.78 is 0. The molecule has 1 nitrogen and oxygen atoms in total. The van der Waals surface area contributed by atoms with Gasteiger partial charge in [-0.1, -0.05) is 24.3 Å². The van der Waals surface area contributed by atoms with Crippen LogP contribution in [0.4, 0.5) is 0 Å². The molecule has 0 spiro atoms. The topological polar surface area (TPSA) is 26.0 Å². The van der Waals surface area contributed by atoms with E-state index in [1.54, 1.807) is 0 Å². The van der Waals surface area contributed by atoms with E-state index in [2.05, 4.69) is 18.7 Å². The Morgan fingerprint density at radius 3 is 3.00 bits per heavy atom. The van der Waals surface area contributed by atoms with Crippen molar-refractivity contribution in [1.29, 1.82) is 0 Å². The van der Waals surface area contributed by atoms with Crippen LogP contribution < -0.4 is 5.73 Å². The van der Waals surface area contributed by atoms with E-state index in [0.29, 0.717) is 0 Å². The summed E-state index contributed by atoms with van der Waals surface area (Å²) >= 11 is 4.25. The Balaban J connectivity index is 2.89. The van der Waals surface area contributed by atoms with Gasteiger partial charge in [-0.25, -0.2) is 0 Å². The third-order valence-corrected chi connectivity index (χ3v) is 1.83. The van der Waals surface area contributed by atoms with E-state index in [1.807, 2.05) is 31.2 Å². The highest BCUT2D eigenvalue weighted by atomic mass is 32.1. The molecule has 1 rings (SSSR count). The first-order valence-electron chi connectivity index (χ1n) is 3.64. The van der Waals surface area contributed by atoms with E-state index in [4.69, 9.17) is 5.73 Å². The Labute approximate surface area is 73.1 Å². The number of nitrogens with two attached hydrogens (primary N) is 1. The summed E-state index contributed by atoms with van der Waals surface area (Å²) in [6, 6.07) is 0. The van der Waals surface area contributed by atoms with Crippen molar-refractivity contribution in [2.75, 3.05) is 0 Å². The summed E-state index contributed by atoms with van der Waals surface area (Å²) in [7, 11) is 0. The van der Waals surface area contributed by atoms with E-state index in [9.17, 15) is 0 Å². The number of hydrogen-bond donors (Lipinski definition) is 2. The van der Waals surface area contributed by atoms with Gasteiger partial charge in [0.25, 0.3) is 0 Å². The van der Waals surface area contributed by atoms with Crippen molar-refractivity contribution >= 4 is 12.6 Å². The predicted octanol–water partition coefficient (Wildman–Crippen LogP) is 2.03. The van der Waals surface area contributed by atoms with Crippen LogP contribution in [0.25, 0.3) is 0 Å². The van der Waals surface area contributed by atoms with E-state index in [-0.39, 0.29) is 5.54 Å². The van der Waals surface area contributed by atoms with Crippen LogP contribution in [0.1, 0.15) is 13.3 Å². The summed E-state index contributed by atoms with van der Waals surface area (Å²) in [6.07, 6.45) is 10.8. The lowest BCUT2D eigenvalue weighted by Crippen LogP contribution is -2.33. The second-order valence-corrected chi connectivity index (χ2v) is 3.58. The molecule has 0 saturated heterocycles. The molecule has 1 aliphatic carbocycles. The molecule has 60 valence electrons. The van der Waals surface area contributed by atoms with Crippen molar-refractivity contribution < 1.29 is 0 Å². The van der Waals surface area contributed by atoms with E-state index in [1.165, 1.54) is 0 Å². The van der Waals surface area contributed by atoms with Crippen molar-refractivity contribution in [2.24, 2.45) is 5.73 Å². The highest BCUT2D eigenvalue weighted by molar-refractivity contribution is 7.84. The molecule has 0 radical (unpaired) electrons. The molecule has 0 heterocycles. The Bertz CT molecular complexity index is 224. The molecule has 0 aliphatic heterocycles. The normalized spacial score (nSPS) is 38.6. The van der Waals surface area contributed by atoms with Crippen LogP contribution >= 0.6 is 12.6 Å². The van der Waals surface area contributed by atoms with Gasteiger partial charge in [0, 0.05) is 10.4 Å². The van der Waals surface area contributed by atoms with Crippen molar-refractivity contribution in [3.8, 4) is 0 Å². The average molecular weight is 167 g/mol. The molecule has 0 aromatic heterocycles. The zero-order valence-electron chi connectivity index (χ0n) is 6.62. The average Bonchev–Trinajstić information content (AvgIpc) is 1.82. The van der Waals surface area contributed by atoms with Gasteiger partial charge < -0.3 is 5.73 Å². The van der Waals surface area contributed by atoms with Crippen LogP contribution in [-0.2, 0) is 0 Å². The lowest BCUT2D eigenvalue weighted by Gasteiger charge is -2.19. The summed E-state index contributed by atoms with van der Waals surface area (Å²) in [5.41, 5.74) is 5.68. The predicted molar refractivity (Wildman–Crippen MR) is 52.6 cm³/mol. The molecule has 2 N–H and O–H groups in total. The monoisotopic (exact) mass is 167 g/mol. The van der Waals surface area contributed by atoms with Crippen molar-refractivity contribution in [1.82, 2.24) is 0 Å². The van der Waals surface area contributed by atoms with Gasteiger partial charge in [0.05, 0.1) is 0 Å². The SMILES string of the molecule is CC1(N)/C=C(S)\C=C/C=CC1. The van der Waals surface area contributed by atoms with Crippen LogP contribution in [0.2, 0.25) is 0 Å². The maximum atomic E-state index is 5.93. The van der Waals surface area contributed by atoms with Crippen LogP contribution in [0.5, 0.6) is 0 Å². The van der Waals surface area contributed by atoms with E-state index >= 15 is 0 Å². The summed E-state index contributed by atoms with van der Waals surface area (Å²) in [5, 5.41) is 0. The molecule has 2 heteroatoms. The second kappa shape index (κ2) is 3.28. The number of hydrogen-bond acceptors (Lipinski definition) is 2. The fourth-order valence-corrected chi connectivity index (χ4v) is 1.38. The summed E-state index contributed by atoms with van der Waals surface area (Å²) in [5.74, 6) is 0. The van der Waals surface area contributed by atoms with Crippen molar-refractivity contribution in [2.45, 2.75) is 18.9 Å². The molecule has 0 bridgehead atoms. The highest BCUT2D eigenvalue weighted by Gasteiger charge is 2.13. The molecule has 1 unspecified atom stereocenters. The molecule has 11 heavy (non-hydrogen) atoms. The number of allylic oxidation sites excluding steroid dienone is 3. The van der Waals surface area contributed by atoms with E-state index in [0.717, 1.165) is 11.3 Å². The molecule has 0 amide bonds. The van der Waals surface area contributed by atoms with Gasteiger partial charge in [-0.05, 0) is 19.4 Å². The van der Waals surface area contributed by atoms with E-state index < -0.39 is 0 Å².